The molecule has 0 saturated heterocycles. The number of methoxy groups -OCH3 is 1. The fourth-order valence-corrected chi connectivity index (χ4v) is 2.99. The van der Waals surface area contributed by atoms with Gasteiger partial charge in [0.2, 0.25) is 0 Å². The van der Waals surface area contributed by atoms with E-state index in [0.29, 0.717) is 0 Å². The largest absolute Gasteiger partial charge is 0.481 e. The molecule has 1 aromatic rings. The van der Waals surface area contributed by atoms with E-state index in [0.717, 1.165) is 0 Å². The standard InChI is InChI=1S/C15H21NO6S/c1-4-23(20,21)12-7-5-11(6-8-12)14(19)16-15(2,10-22-3)9-13(17)18/h5-8H,4,9-10H2,1-3H3,(H,16,19)(H,17,18). The summed E-state index contributed by atoms with van der Waals surface area (Å²) in [6.07, 6.45) is -0.297. The molecule has 0 aliphatic rings. The average Bonchev–Trinajstić information content (AvgIpc) is 2.46. The normalized spacial score (nSPS) is 14.0. The molecule has 0 spiro atoms. The minimum absolute atomic E-state index is 0.0247. The fourth-order valence-electron chi connectivity index (χ4n) is 2.11. The predicted octanol–water partition coefficient (Wildman–Crippen LogP) is 1.09. The highest BCUT2D eigenvalue weighted by atomic mass is 32.2. The van der Waals surface area contributed by atoms with Crippen molar-refractivity contribution < 1.29 is 27.9 Å². The van der Waals surface area contributed by atoms with Crippen molar-refractivity contribution in [1.29, 1.82) is 0 Å². The second kappa shape index (κ2) is 7.56. The molecule has 1 amide bonds. The van der Waals surface area contributed by atoms with E-state index in [1.807, 2.05) is 0 Å². The molecule has 1 rings (SSSR count). The van der Waals surface area contributed by atoms with E-state index in [1.54, 1.807) is 6.92 Å². The summed E-state index contributed by atoms with van der Waals surface area (Å²) in [5.74, 6) is -1.58. The van der Waals surface area contributed by atoms with Crippen molar-refractivity contribution in [3.63, 3.8) is 0 Å². The fraction of sp³-hybridized carbons (Fsp3) is 0.467. The molecule has 0 aliphatic carbocycles. The topological polar surface area (TPSA) is 110 Å². The van der Waals surface area contributed by atoms with Gasteiger partial charge in [-0.2, -0.15) is 0 Å². The molecule has 128 valence electrons. The smallest absolute Gasteiger partial charge is 0.305 e. The molecule has 7 nitrogen and oxygen atoms in total. The van der Waals surface area contributed by atoms with Crippen LogP contribution < -0.4 is 5.32 Å². The van der Waals surface area contributed by atoms with Crippen LogP contribution in [0.1, 0.15) is 30.6 Å². The number of rotatable bonds is 8. The number of hydrogen-bond acceptors (Lipinski definition) is 5. The second-order valence-electron chi connectivity index (χ2n) is 5.45. The lowest BCUT2D eigenvalue weighted by atomic mass is 9.98. The Morgan fingerprint density at radius 1 is 1.26 bits per heavy atom. The first kappa shape index (κ1) is 19.1. The third kappa shape index (κ3) is 5.33. The lowest BCUT2D eigenvalue weighted by molar-refractivity contribution is -0.139. The lowest BCUT2D eigenvalue weighted by Crippen LogP contribution is -2.50. The van der Waals surface area contributed by atoms with Crippen LogP contribution in [0.3, 0.4) is 0 Å². The predicted molar refractivity (Wildman–Crippen MR) is 84.2 cm³/mol. The van der Waals surface area contributed by atoms with Crippen molar-refractivity contribution in [3.05, 3.63) is 29.8 Å². The zero-order chi connectivity index (χ0) is 17.7. The van der Waals surface area contributed by atoms with Gasteiger partial charge in [0.25, 0.3) is 5.91 Å². The Morgan fingerprint density at radius 3 is 2.26 bits per heavy atom. The van der Waals surface area contributed by atoms with Crippen molar-refractivity contribution in [1.82, 2.24) is 5.32 Å². The molecule has 1 aromatic carbocycles. The van der Waals surface area contributed by atoms with Gasteiger partial charge in [-0.15, -0.1) is 0 Å². The number of hydrogen-bond donors (Lipinski definition) is 2. The molecule has 0 radical (unpaired) electrons. The third-order valence-corrected chi connectivity index (χ3v) is 5.03. The number of amides is 1. The number of carbonyl (C=O) groups excluding carboxylic acids is 1. The number of aliphatic carboxylic acids is 1. The SMILES string of the molecule is CCS(=O)(=O)c1ccc(C(=O)NC(C)(COC)CC(=O)O)cc1. The molecule has 8 heteroatoms. The summed E-state index contributed by atoms with van der Waals surface area (Å²) in [5.41, 5.74) is -0.820. The van der Waals surface area contributed by atoms with Gasteiger partial charge in [-0.3, -0.25) is 9.59 Å². The Kier molecular flexibility index (Phi) is 6.28. The molecule has 2 N–H and O–H groups in total. The molecule has 1 unspecified atom stereocenters. The highest BCUT2D eigenvalue weighted by Crippen LogP contribution is 2.15. The van der Waals surface area contributed by atoms with Gasteiger partial charge in [0.05, 0.1) is 29.2 Å². The zero-order valence-electron chi connectivity index (χ0n) is 13.3. The summed E-state index contributed by atoms with van der Waals surface area (Å²) in [5, 5.41) is 11.6. The number of nitrogens with one attached hydrogen (secondary N) is 1. The zero-order valence-corrected chi connectivity index (χ0v) is 14.1. The van der Waals surface area contributed by atoms with E-state index in [9.17, 15) is 18.0 Å². The monoisotopic (exact) mass is 343 g/mol. The van der Waals surface area contributed by atoms with Crippen LogP contribution in [-0.4, -0.2) is 50.4 Å². The van der Waals surface area contributed by atoms with Crippen molar-refractivity contribution >= 4 is 21.7 Å². The van der Waals surface area contributed by atoms with Gasteiger partial charge in [-0.25, -0.2) is 8.42 Å². The van der Waals surface area contributed by atoms with E-state index in [-0.39, 0.29) is 29.2 Å². The van der Waals surface area contributed by atoms with Crippen LogP contribution in [-0.2, 0) is 19.4 Å². The molecule has 0 bridgehead atoms. The molecule has 0 fully saturated rings. The maximum Gasteiger partial charge on any atom is 0.305 e. The Hall–Kier alpha value is -1.93. The molecular formula is C15H21NO6S. The van der Waals surface area contributed by atoms with Crippen LogP contribution in [0.4, 0.5) is 0 Å². The number of carboxylic acid groups (broad SMARTS) is 1. The van der Waals surface area contributed by atoms with Gasteiger partial charge < -0.3 is 15.2 Å². The van der Waals surface area contributed by atoms with Crippen LogP contribution in [0, 0.1) is 0 Å². The first-order chi connectivity index (χ1) is 10.6. The quantitative estimate of drug-likeness (QED) is 0.731. The summed E-state index contributed by atoms with van der Waals surface area (Å²) in [6, 6.07) is 5.51. The second-order valence-corrected chi connectivity index (χ2v) is 7.72. The molecule has 0 saturated carbocycles. The first-order valence-electron chi connectivity index (χ1n) is 6.99. The number of benzene rings is 1. The van der Waals surface area contributed by atoms with Crippen LogP contribution in [0.25, 0.3) is 0 Å². The molecule has 0 aliphatic heterocycles. The summed E-state index contributed by atoms with van der Waals surface area (Å²) >= 11 is 0. The Morgan fingerprint density at radius 2 is 1.83 bits per heavy atom. The van der Waals surface area contributed by atoms with Crippen molar-refractivity contribution in [2.24, 2.45) is 0 Å². The highest BCUT2D eigenvalue weighted by Gasteiger charge is 2.30. The van der Waals surface area contributed by atoms with E-state index in [2.05, 4.69) is 5.32 Å². The molecule has 1 atom stereocenters. The van der Waals surface area contributed by atoms with E-state index in [4.69, 9.17) is 9.84 Å². The van der Waals surface area contributed by atoms with Gasteiger partial charge in [0.15, 0.2) is 9.84 Å². The van der Waals surface area contributed by atoms with Gasteiger partial charge in [0.1, 0.15) is 0 Å². The van der Waals surface area contributed by atoms with Crippen molar-refractivity contribution in [2.75, 3.05) is 19.5 Å². The van der Waals surface area contributed by atoms with E-state index in [1.165, 1.54) is 38.3 Å². The summed E-state index contributed by atoms with van der Waals surface area (Å²) in [4.78, 5) is 23.3. The Bertz CT molecular complexity index is 668. The molecule has 0 aromatic heterocycles. The minimum atomic E-state index is -3.33. The maximum absolute atomic E-state index is 12.2. The number of carbonyl (C=O) groups is 2. The highest BCUT2D eigenvalue weighted by molar-refractivity contribution is 7.91. The summed E-state index contributed by atoms with van der Waals surface area (Å²) in [7, 11) is -1.92. The first-order valence-corrected chi connectivity index (χ1v) is 8.65. The van der Waals surface area contributed by atoms with Crippen molar-refractivity contribution in [3.8, 4) is 0 Å². The number of sulfone groups is 1. The van der Waals surface area contributed by atoms with Crippen molar-refractivity contribution in [2.45, 2.75) is 30.7 Å². The van der Waals surface area contributed by atoms with Crippen LogP contribution >= 0.6 is 0 Å². The van der Waals surface area contributed by atoms with Gasteiger partial charge in [-0.05, 0) is 31.2 Å². The Labute approximate surface area is 135 Å². The number of carboxylic acids is 1. The van der Waals surface area contributed by atoms with Gasteiger partial charge >= 0.3 is 5.97 Å². The van der Waals surface area contributed by atoms with Crippen LogP contribution in [0.2, 0.25) is 0 Å². The average molecular weight is 343 g/mol. The van der Waals surface area contributed by atoms with E-state index >= 15 is 0 Å². The van der Waals surface area contributed by atoms with E-state index < -0.39 is 27.3 Å². The lowest BCUT2D eigenvalue weighted by Gasteiger charge is -2.28. The van der Waals surface area contributed by atoms with Crippen LogP contribution in [0.5, 0.6) is 0 Å². The maximum atomic E-state index is 12.2. The third-order valence-electron chi connectivity index (χ3n) is 3.28. The summed E-state index contributed by atoms with van der Waals surface area (Å²) in [6.45, 7) is 3.14. The van der Waals surface area contributed by atoms with Gasteiger partial charge in [-0.1, -0.05) is 6.92 Å². The summed E-state index contributed by atoms with van der Waals surface area (Å²) < 4.78 is 28.4. The molecule has 23 heavy (non-hydrogen) atoms. The van der Waals surface area contributed by atoms with Crippen LogP contribution in [0.15, 0.2) is 29.2 Å². The van der Waals surface area contributed by atoms with Gasteiger partial charge in [0, 0.05) is 12.7 Å². The molecular weight excluding hydrogens is 322 g/mol. The number of ether oxygens (including phenoxy) is 1. The Balaban J connectivity index is 2.94. The minimum Gasteiger partial charge on any atom is -0.481 e. The molecule has 0 heterocycles.